The fraction of sp³-hybridized carbons (Fsp3) is 0.632. The molecule has 0 bridgehead atoms. The quantitative estimate of drug-likeness (QED) is 0.800. The summed E-state index contributed by atoms with van der Waals surface area (Å²) in [5, 5.41) is 17.2. The van der Waals surface area contributed by atoms with Gasteiger partial charge in [0.05, 0.1) is 17.8 Å². The van der Waals surface area contributed by atoms with Crippen molar-refractivity contribution in [3.05, 3.63) is 35.1 Å². The minimum absolute atomic E-state index is 0.140. The maximum atomic E-state index is 13.3. The molecule has 3 rings (SSSR count). The summed E-state index contributed by atoms with van der Waals surface area (Å²) < 4.78 is 19.4. The Bertz CT molecular complexity index is 583. The SMILES string of the molecule is Cc1cc(CN2CCC3(CC2)CC(C)(O)CCO3)ccc1F.O=CO. The molecule has 0 aliphatic carbocycles. The first-order valence-corrected chi connectivity index (χ1v) is 8.71. The molecule has 2 aliphatic rings. The molecule has 0 radical (unpaired) electrons. The van der Waals surface area contributed by atoms with Crippen molar-refractivity contribution in [3.8, 4) is 0 Å². The summed E-state index contributed by atoms with van der Waals surface area (Å²) in [6.07, 6.45) is 3.39. The van der Waals surface area contributed by atoms with Crippen LogP contribution in [-0.2, 0) is 16.1 Å². The number of likely N-dealkylation sites (tertiary alicyclic amines) is 1. The molecule has 1 aromatic rings. The Kier molecular flexibility index (Phi) is 6.54. The zero-order chi connectivity index (χ0) is 18.5. The molecule has 140 valence electrons. The fourth-order valence-electron chi connectivity index (χ4n) is 3.82. The fourth-order valence-corrected chi connectivity index (χ4v) is 3.82. The van der Waals surface area contributed by atoms with Gasteiger partial charge in [0.25, 0.3) is 6.47 Å². The second-order valence-electron chi connectivity index (χ2n) is 7.42. The summed E-state index contributed by atoms with van der Waals surface area (Å²) in [5.41, 5.74) is 1.13. The first-order valence-electron chi connectivity index (χ1n) is 8.71. The molecule has 6 heteroatoms. The van der Waals surface area contributed by atoms with E-state index in [0.717, 1.165) is 50.9 Å². The zero-order valence-corrected chi connectivity index (χ0v) is 15.0. The molecule has 5 nitrogen and oxygen atoms in total. The minimum Gasteiger partial charge on any atom is -0.483 e. The van der Waals surface area contributed by atoms with Crippen LogP contribution in [0.3, 0.4) is 0 Å². The van der Waals surface area contributed by atoms with Gasteiger partial charge in [0.15, 0.2) is 0 Å². The largest absolute Gasteiger partial charge is 0.483 e. The molecule has 0 aromatic heterocycles. The van der Waals surface area contributed by atoms with Crippen LogP contribution in [0.1, 0.15) is 43.7 Å². The van der Waals surface area contributed by atoms with Crippen molar-refractivity contribution in [3.63, 3.8) is 0 Å². The Morgan fingerprint density at radius 3 is 2.52 bits per heavy atom. The first kappa shape index (κ1) is 19.8. The normalized spacial score (nSPS) is 25.9. The van der Waals surface area contributed by atoms with Crippen molar-refractivity contribution in [2.24, 2.45) is 0 Å². The number of nitrogens with zero attached hydrogens (tertiary/aromatic N) is 1. The molecule has 2 fully saturated rings. The summed E-state index contributed by atoms with van der Waals surface area (Å²) in [6, 6.07) is 5.35. The predicted molar refractivity (Wildman–Crippen MR) is 92.9 cm³/mol. The number of aryl methyl sites for hydroxylation is 1. The van der Waals surface area contributed by atoms with Gasteiger partial charge in [-0.25, -0.2) is 4.39 Å². The van der Waals surface area contributed by atoms with Gasteiger partial charge in [-0.15, -0.1) is 0 Å². The average Bonchev–Trinajstić information content (AvgIpc) is 2.53. The maximum Gasteiger partial charge on any atom is 0.290 e. The number of carbonyl (C=O) groups is 1. The Balaban J connectivity index is 0.000000701. The molecule has 2 saturated heterocycles. The lowest BCUT2D eigenvalue weighted by Gasteiger charge is -2.48. The van der Waals surface area contributed by atoms with Crippen LogP contribution in [0.5, 0.6) is 0 Å². The van der Waals surface area contributed by atoms with Crippen molar-refractivity contribution >= 4 is 6.47 Å². The number of halogens is 1. The second-order valence-corrected chi connectivity index (χ2v) is 7.42. The third kappa shape index (κ3) is 5.49. The highest BCUT2D eigenvalue weighted by Crippen LogP contribution is 2.39. The topological polar surface area (TPSA) is 70.0 Å². The Hall–Kier alpha value is -1.50. The Morgan fingerprint density at radius 2 is 1.96 bits per heavy atom. The van der Waals surface area contributed by atoms with Crippen molar-refractivity contribution in [1.29, 1.82) is 0 Å². The molecular formula is C19H28FNO4. The predicted octanol–water partition coefficient (Wildman–Crippen LogP) is 2.73. The van der Waals surface area contributed by atoms with E-state index >= 15 is 0 Å². The molecule has 2 N–H and O–H groups in total. The molecule has 2 aliphatic heterocycles. The van der Waals surface area contributed by atoms with Crippen molar-refractivity contribution < 1.29 is 24.1 Å². The van der Waals surface area contributed by atoms with E-state index in [1.807, 2.05) is 26.0 Å². The number of carboxylic acid groups (broad SMARTS) is 1. The number of benzene rings is 1. The average molecular weight is 353 g/mol. The third-order valence-corrected chi connectivity index (χ3v) is 5.15. The molecule has 0 amide bonds. The van der Waals surface area contributed by atoms with Gasteiger partial charge >= 0.3 is 0 Å². The number of rotatable bonds is 2. The summed E-state index contributed by atoms with van der Waals surface area (Å²) >= 11 is 0. The molecule has 1 unspecified atom stereocenters. The van der Waals surface area contributed by atoms with Crippen molar-refractivity contribution in [1.82, 2.24) is 4.90 Å². The lowest BCUT2D eigenvalue weighted by molar-refractivity contribution is -0.173. The van der Waals surface area contributed by atoms with Gasteiger partial charge < -0.3 is 14.9 Å². The molecule has 25 heavy (non-hydrogen) atoms. The molecule has 2 heterocycles. The highest BCUT2D eigenvalue weighted by molar-refractivity contribution is 5.32. The lowest BCUT2D eigenvalue weighted by Crippen LogP contribution is -2.53. The summed E-state index contributed by atoms with van der Waals surface area (Å²) in [4.78, 5) is 10.8. The van der Waals surface area contributed by atoms with Crippen LogP contribution >= 0.6 is 0 Å². The second kappa shape index (κ2) is 8.25. The van der Waals surface area contributed by atoms with Crippen molar-refractivity contribution in [2.75, 3.05) is 19.7 Å². The first-order chi connectivity index (χ1) is 11.8. The molecule has 1 aromatic carbocycles. The van der Waals surface area contributed by atoms with E-state index in [1.54, 1.807) is 6.07 Å². The molecular weight excluding hydrogens is 325 g/mol. The van der Waals surface area contributed by atoms with Gasteiger partial charge in [-0.3, -0.25) is 9.69 Å². The number of aliphatic hydroxyl groups is 1. The van der Waals surface area contributed by atoms with Gasteiger partial charge in [-0.1, -0.05) is 12.1 Å². The van der Waals surface area contributed by atoms with Crippen LogP contribution in [0.4, 0.5) is 4.39 Å². The van der Waals surface area contributed by atoms with Gasteiger partial charge in [-0.2, -0.15) is 0 Å². The van der Waals surface area contributed by atoms with Crippen LogP contribution in [0.25, 0.3) is 0 Å². The van der Waals surface area contributed by atoms with Crippen LogP contribution in [0, 0.1) is 12.7 Å². The van der Waals surface area contributed by atoms with E-state index < -0.39 is 5.60 Å². The molecule has 1 spiro atoms. The van der Waals surface area contributed by atoms with E-state index in [4.69, 9.17) is 14.6 Å². The highest BCUT2D eigenvalue weighted by atomic mass is 19.1. The number of hydrogen-bond donors (Lipinski definition) is 2. The Morgan fingerprint density at radius 1 is 1.32 bits per heavy atom. The van der Waals surface area contributed by atoms with Crippen molar-refractivity contribution in [2.45, 2.75) is 57.3 Å². The summed E-state index contributed by atoms with van der Waals surface area (Å²) in [6.45, 7) is 6.92. The monoisotopic (exact) mass is 353 g/mol. The van der Waals surface area contributed by atoms with E-state index in [9.17, 15) is 9.50 Å². The maximum absolute atomic E-state index is 13.3. The van der Waals surface area contributed by atoms with E-state index in [0.29, 0.717) is 12.2 Å². The van der Waals surface area contributed by atoms with E-state index in [-0.39, 0.29) is 17.9 Å². The van der Waals surface area contributed by atoms with Gasteiger partial charge in [0.1, 0.15) is 5.82 Å². The van der Waals surface area contributed by atoms with Crippen LogP contribution in [0.2, 0.25) is 0 Å². The number of piperidine rings is 1. The third-order valence-electron chi connectivity index (χ3n) is 5.15. The van der Waals surface area contributed by atoms with Gasteiger partial charge in [0, 0.05) is 26.1 Å². The standard InChI is InChI=1S/C18H26FNO2.CH2O2/c1-14-11-15(3-4-16(14)19)12-20-8-5-18(6-9-20)13-17(2,21)7-10-22-18;2-1-3/h3-4,11,21H,5-10,12-13H2,1-2H3;1H,(H,2,3). The molecule has 1 atom stereocenters. The summed E-state index contributed by atoms with van der Waals surface area (Å²) in [7, 11) is 0. The lowest BCUT2D eigenvalue weighted by atomic mass is 9.78. The number of hydrogen-bond acceptors (Lipinski definition) is 4. The number of ether oxygens (including phenoxy) is 1. The van der Waals surface area contributed by atoms with Crippen LogP contribution < -0.4 is 0 Å². The Labute approximate surface area is 148 Å². The van der Waals surface area contributed by atoms with E-state index in [2.05, 4.69) is 4.90 Å². The highest BCUT2D eigenvalue weighted by Gasteiger charge is 2.44. The van der Waals surface area contributed by atoms with Gasteiger partial charge in [0.2, 0.25) is 0 Å². The smallest absolute Gasteiger partial charge is 0.290 e. The van der Waals surface area contributed by atoms with Gasteiger partial charge in [-0.05, 0) is 50.3 Å². The summed E-state index contributed by atoms with van der Waals surface area (Å²) in [5.74, 6) is -0.140. The minimum atomic E-state index is -0.589. The van der Waals surface area contributed by atoms with Crippen LogP contribution in [0.15, 0.2) is 18.2 Å². The van der Waals surface area contributed by atoms with Crippen LogP contribution in [-0.4, -0.2) is 52.5 Å². The van der Waals surface area contributed by atoms with E-state index in [1.165, 1.54) is 0 Å². The molecule has 0 saturated carbocycles. The zero-order valence-electron chi connectivity index (χ0n) is 15.0.